The van der Waals surface area contributed by atoms with Crippen molar-refractivity contribution in [1.82, 2.24) is 10.3 Å². The molecule has 0 aliphatic heterocycles. The van der Waals surface area contributed by atoms with Gasteiger partial charge in [-0.15, -0.1) is 0 Å². The number of carbonyl (C=O) groups excluding carboxylic acids is 1. The summed E-state index contributed by atoms with van der Waals surface area (Å²) in [5.74, 6) is 6.68. The van der Waals surface area contributed by atoms with Crippen molar-refractivity contribution in [3.63, 3.8) is 0 Å². The second-order valence-corrected chi connectivity index (χ2v) is 5.74. The second-order valence-electron chi connectivity index (χ2n) is 5.74. The molecule has 0 unspecified atom stereocenters. The lowest BCUT2D eigenvalue weighted by Gasteiger charge is -2.34. The smallest absolute Gasteiger partial charge is 0.300 e. The Morgan fingerprint density at radius 3 is 2.70 bits per heavy atom. The van der Waals surface area contributed by atoms with E-state index in [-0.39, 0.29) is 11.7 Å². The molecule has 0 radical (unpaired) electrons. The van der Waals surface area contributed by atoms with Crippen molar-refractivity contribution < 1.29 is 9.21 Å². The molecule has 112 valence electrons. The van der Waals surface area contributed by atoms with Gasteiger partial charge in [0.1, 0.15) is 5.76 Å². The van der Waals surface area contributed by atoms with Gasteiger partial charge >= 0.3 is 5.91 Å². The van der Waals surface area contributed by atoms with Crippen LogP contribution in [-0.2, 0) is 6.54 Å². The molecule has 0 atom stereocenters. The van der Waals surface area contributed by atoms with E-state index in [1.807, 2.05) is 6.07 Å². The van der Waals surface area contributed by atoms with Gasteiger partial charge < -0.3 is 4.42 Å². The van der Waals surface area contributed by atoms with E-state index in [1.54, 1.807) is 6.07 Å². The fraction of sp³-hybridized carbons (Fsp3) is 0.667. The quantitative estimate of drug-likeness (QED) is 0.493. The third kappa shape index (κ3) is 3.61. The highest BCUT2D eigenvalue weighted by Crippen LogP contribution is 2.29. The topological polar surface area (TPSA) is 71.5 Å². The number of nitrogens with two attached hydrogens (primary N) is 1. The van der Waals surface area contributed by atoms with Crippen molar-refractivity contribution >= 4 is 5.91 Å². The zero-order chi connectivity index (χ0) is 14.5. The van der Waals surface area contributed by atoms with Crippen LogP contribution in [0, 0.1) is 5.92 Å². The largest absolute Gasteiger partial charge is 0.455 e. The standard InChI is InChI=1S/C15H25N3O2/c1-3-11-4-6-12(7-5-11)18(2)10-13-8-9-14(20-13)15(19)17-16/h8-9,11-12H,3-7,10,16H2,1-2H3,(H,17,19). The third-order valence-corrected chi connectivity index (χ3v) is 4.44. The van der Waals surface area contributed by atoms with Crippen molar-refractivity contribution in [2.45, 2.75) is 51.6 Å². The Morgan fingerprint density at radius 2 is 2.10 bits per heavy atom. The van der Waals surface area contributed by atoms with E-state index >= 15 is 0 Å². The van der Waals surface area contributed by atoms with E-state index in [2.05, 4.69) is 24.3 Å². The first kappa shape index (κ1) is 15.1. The minimum Gasteiger partial charge on any atom is -0.455 e. The van der Waals surface area contributed by atoms with Crippen molar-refractivity contribution in [2.75, 3.05) is 7.05 Å². The fourth-order valence-electron chi connectivity index (χ4n) is 3.02. The number of nitrogen functional groups attached to an aromatic ring is 1. The summed E-state index contributed by atoms with van der Waals surface area (Å²) in [5, 5.41) is 0. The summed E-state index contributed by atoms with van der Waals surface area (Å²) in [4.78, 5) is 13.7. The number of rotatable bonds is 5. The number of nitrogens with one attached hydrogen (secondary N) is 1. The van der Waals surface area contributed by atoms with E-state index in [0.717, 1.165) is 18.2 Å². The summed E-state index contributed by atoms with van der Waals surface area (Å²) >= 11 is 0. The first-order valence-corrected chi connectivity index (χ1v) is 7.44. The number of furan rings is 1. The van der Waals surface area contributed by atoms with Crippen LogP contribution in [-0.4, -0.2) is 23.9 Å². The minimum atomic E-state index is -0.387. The van der Waals surface area contributed by atoms with Crippen LogP contribution in [0.15, 0.2) is 16.5 Å². The molecule has 0 aromatic carbocycles. The Labute approximate surface area is 120 Å². The molecule has 1 aromatic heterocycles. The number of hydrogen-bond donors (Lipinski definition) is 2. The highest BCUT2D eigenvalue weighted by atomic mass is 16.4. The van der Waals surface area contributed by atoms with Crippen molar-refractivity contribution in [2.24, 2.45) is 11.8 Å². The third-order valence-electron chi connectivity index (χ3n) is 4.44. The van der Waals surface area contributed by atoms with Crippen molar-refractivity contribution in [3.8, 4) is 0 Å². The highest BCUT2D eigenvalue weighted by molar-refractivity contribution is 5.90. The van der Waals surface area contributed by atoms with Gasteiger partial charge in [0.15, 0.2) is 5.76 Å². The van der Waals surface area contributed by atoms with Gasteiger partial charge in [0.05, 0.1) is 6.54 Å². The van der Waals surface area contributed by atoms with Gasteiger partial charge in [-0.25, -0.2) is 5.84 Å². The number of nitrogens with zero attached hydrogens (tertiary/aromatic N) is 1. The molecule has 1 amide bonds. The van der Waals surface area contributed by atoms with Gasteiger partial charge in [0.2, 0.25) is 0 Å². The molecule has 1 heterocycles. The highest BCUT2D eigenvalue weighted by Gasteiger charge is 2.23. The first-order chi connectivity index (χ1) is 9.63. The molecule has 3 N–H and O–H groups in total. The van der Waals surface area contributed by atoms with E-state index in [1.165, 1.54) is 32.1 Å². The van der Waals surface area contributed by atoms with Gasteiger partial charge in [0, 0.05) is 6.04 Å². The minimum absolute atomic E-state index is 0.269. The van der Waals surface area contributed by atoms with E-state index in [4.69, 9.17) is 10.3 Å². The zero-order valence-electron chi connectivity index (χ0n) is 12.4. The SMILES string of the molecule is CCC1CCC(N(C)Cc2ccc(C(=O)NN)o2)CC1. The summed E-state index contributed by atoms with van der Waals surface area (Å²) in [6.07, 6.45) is 6.46. The Bertz CT molecular complexity index is 436. The van der Waals surface area contributed by atoms with E-state index < -0.39 is 0 Å². The number of hydrogen-bond acceptors (Lipinski definition) is 4. The van der Waals surface area contributed by atoms with Crippen LogP contribution in [0.1, 0.15) is 55.3 Å². The first-order valence-electron chi connectivity index (χ1n) is 7.44. The van der Waals surface area contributed by atoms with Crippen LogP contribution in [0.4, 0.5) is 0 Å². The molecule has 5 nitrogen and oxygen atoms in total. The summed E-state index contributed by atoms with van der Waals surface area (Å²) < 4.78 is 5.51. The maximum Gasteiger partial charge on any atom is 0.300 e. The molecule has 1 aliphatic rings. The molecule has 2 rings (SSSR count). The average molecular weight is 279 g/mol. The Kier molecular flexibility index (Phi) is 5.20. The Hall–Kier alpha value is -1.33. The van der Waals surface area contributed by atoms with Crippen molar-refractivity contribution in [3.05, 3.63) is 23.7 Å². The second kappa shape index (κ2) is 6.90. The molecule has 5 heteroatoms. The maximum absolute atomic E-state index is 11.3. The Balaban J connectivity index is 1.86. The van der Waals surface area contributed by atoms with Crippen LogP contribution in [0.2, 0.25) is 0 Å². The monoisotopic (exact) mass is 279 g/mol. The fourth-order valence-corrected chi connectivity index (χ4v) is 3.02. The van der Waals surface area contributed by atoms with Crippen LogP contribution in [0.5, 0.6) is 0 Å². The molecule has 0 spiro atoms. The summed E-state index contributed by atoms with van der Waals surface area (Å²) in [6, 6.07) is 4.13. The van der Waals surface area contributed by atoms with Gasteiger partial charge in [-0.3, -0.25) is 15.1 Å². The maximum atomic E-state index is 11.3. The van der Waals surface area contributed by atoms with E-state index in [0.29, 0.717) is 6.04 Å². The predicted molar refractivity (Wildman–Crippen MR) is 77.9 cm³/mol. The molecule has 1 aromatic rings. The number of carbonyl (C=O) groups is 1. The van der Waals surface area contributed by atoms with Gasteiger partial charge in [-0.05, 0) is 50.8 Å². The molecule has 1 fully saturated rings. The summed E-state index contributed by atoms with van der Waals surface area (Å²) in [6.45, 7) is 3.01. The van der Waals surface area contributed by atoms with Gasteiger partial charge in [-0.2, -0.15) is 0 Å². The lowest BCUT2D eigenvalue weighted by molar-refractivity contribution is 0.0919. The molecule has 1 aliphatic carbocycles. The van der Waals surface area contributed by atoms with Crippen molar-refractivity contribution in [1.29, 1.82) is 0 Å². The van der Waals surface area contributed by atoms with Crippen LogP contribution >= 0.6 is 0 Å². The lowest BCUT2D eigenvalue weighted by atomic mass is 9.84. The number of hydrazine groups is 1. The summed E-state index contributed by atoms with van der Waals surface area (Å²) in [5.41, 5.74) is 2.08. The van der Waals surface area contributed by atoms with Gasteiger partial charge in [-0.1, -0.05) is 13.3 Å². The van der Waals surface area contributed by atoms with Crippen LogP contribution in [0.25, 0.3) is 0 Å². The molecule has 0 bridgehead atoms. The Morgan fingerprint density at radius 1 is 1.40 bits per heavy atom. The molecule has 1 saturated carbocycles. The predicted octanol–water partition coefficient (Wildman–Crippen LogP) is 2.28. The lowest BCUT2D eigenvalue weighted by Crippen LogP contribution is -2.34. The molecular weight excluding hydrogens is 254 g/mol. The normalized spacial score (nSPS) is 23.0. The van der Waals surface area contributed by atoms with Gasteiger partial charge in [0.25, 0.3) is 0 Å². The zero-order valence-corrected chi connectivity index (χ0v) is 12.4. The van der Waals surface area contributed by atoms with Crippen LogP contribution in [0.3, 0.4) is 0 Å². The summed E-state index contributed by atoms with van der Waals surface area (Å²) in [7, 11) is 2.13. The molecular formula is C15H25N3O2. The van der Waals surface area contributed by atoms with Crippen LogP contribution < -0.4 is 11.3 Å². The average Bonchev–Trinajstić information content (AvgIpc) is 2.95. The molecule has 20 heavy (non-hydrogen) atoms. The number of amides is 1. The molecule has 0 saturated heterocycles. The van der Waals surface area contributed by atoms with E-state index in [9.17, 15) is 4.79 Å².